The van der Waals surface area contributed by atoms with Crippen molar-refractivity contribution in [1.29, 1.82) is 0 Å². The van der Waals surface area contributed by atoms with E-state index in [4.69, 9.17) is 26.0 Å². The minimum absolute atomic E-state index is 0.517. The zero-order chi connectivity index (χ0) is 45.9. The molecule has 0 bridgehead atoms. The zero-order valence-corrected chi connectivity index (χ0v) is 18.9. The lowest BCUT2D eigenvalue weighted by Gasteiger charge is -2.10. The fourth-order valence-corrected chi connectivity index (χ4v) is 4.43. The van der Waals surface area contributed by atoms with Crippen LogP contribution in [0.1, 0.15) is 32.9 Å². The quantitative estimate of drug-likeness (QED) is 0.225. The number of fused-ring (bicyclic) bond motifs is 6. The SMILES string of the molecule is [2H]c1c([2H])c([2H])c(-c2c([2H])c([2H])c3c(c2[2H])c2c([2H])c([2H])c([2H])c([2H])c2n3-c2c([2H])c([2H])c3c(c2[2H])c2c([2H])c([2H])c([2H])c([2H])c2n3-c2c([2H])c([2H])c([2H])c([2H])c2[2H])c([2H])c1[2H]. The van der Waals surface area contributed by atoms with Crippen molar-refractivity contribution in [2.45, 2.75) is 0 Å². The Balaban J connectivity index is 1.69. The van der Waals surface area contributed by atoms with Crippen LogP contribution in [0.5, 0.6) is 0 Å². The van der Waals surface area contributed by atoms with Crippen LogP contribution in [0.4, 0.5) is 0 Å². The van der Waals surface area contributed by atoms with Crippen molar-refractivity contribution in [2.24, 2.45) is 0 Å². The molecule has 0 spiro atoms. The molecule has 2 aromatic heterocycles. The van der Waals surface area contributed by atoms with E-state index in [0.717, 1.165) is 9.13 Å². The van der Waals surface area contributed by atoms with Gasteiger partial charge in [-0.15, -0.1) is 0 Å². The van der Waals surface area contributed by atoms with E-state index in [9.17, 15) is 6.85 Å². The van der Waals surface area contributed by atoms with Crippen LogP contribution in [0.25, 0.3) is 66.1 Å². The summed E-state index contributed by atoms with van der Waals surface area (Å²) in [5.74, 6) is 0. The summed E-state index contributed by atoms with van der Waals surface area (Å²) < 4.78 is 212. The van der Waals surface area contributed by atoms with Crippen molar-refractivity contribution in [1.82, 2.24) is 9.13 Å². The monoisotopic (exact) mass is 508 g/mol. The van der Waals surface area contributed by atoms with Crippen LogP contribution < -0.4 is 0 Å². The molecule has 8 aromatic rings. The highest BCUT2D eigenvalue weighted by molar-refractivity contribution is 6.12. The Hall–Kier alpha value is -5.08. The predicted octanol–water partition coefficient (Wildman–Crippen LogP) is 9.55. The van der Waals surface area contributed by atoms with E-state index in [1.54, 1.807) is 0 Å². The largest absolute Gasteiger partial charge is 0.309 e. The van der Waals surface area contributed by atoms with Crippen molar-refractivity contribution in [3.63, 3.8) is 0 Å². The number of benzene rings is 6. The number of hydrogen-bond acceptors (Lipinski definition) is 0. The van der Waals surface area contributed by atoms with Gasteiger partial charge in [0.1, 0.15) is 0 Å². The average Bonchev–Trinajstić information content (AvgIpc) is 3.78. The minimum Gasteiger partial charge on any atom is -0.309 e. The first-order valence-electron chi connectivity index (χ1n) is 23.1. The second-order valence-corrected chi connectivity index (χ2v) is 8.01. The van der Waals surface area contributed by atoms with E-state index in [2.05, 4.69) is 0 Å². The van der Waals surface area contributed by atoms with Gasteiger partial charge in [-0.2, -0.15) is 0 Å². The molecule has 0 aliphatic rings. The normalized spacial score (nSPS) is 20.5. The molecule has 178 valence electrons. The van der Waals surface area contributed by atoms with E-state index < -0.39 is 211 Å². The van der Waals surface area contributed by atoms with Crippen LogP contribution >= 0.6 is 0 Å². The van der Waals surface area contributed by atoms with E-state index in [1.165, 1.54) is 0 Å². The molecule has 2 heteroatoms. The average molecular weight is 509 g/mol. The Labute approximate surface area is 254 Å². The van der Waals surface area contributed by atoms with Gasteiger partial charge in [0.25, 0.3) is 0 Å². The number of para-hydroxylation sites is 3. The van der Waals surface area contributed by atoms with Crippen molar-refractivity contribution >= 4 is 43.6 Å². The summed E-state index contributed by atoms with van der Waals surface area (Å²) in [7, 11) is 0. The molecule has 8 rings (SSSR count). The van der Waals surface area contributed by atoms with Gasteiger partial charge in [-0.1, -0.05) is 90.6 Å². The van der Waals surface area contributed by atoms with Gasteiger partial charge < -0.3 is 9.13 Å². The van der Waals surface area contributed by atoms with E-state index >= 15 is 0 Å². The summed E-state index contributed by atoms with van der Waals surface area (Å²) in [6, 6.07) is -20.7. The molecule has 6 aromatic carbocycles. The van der Waals surface area contributed by atoms with Gasteiger partial charge in [0.15, 0.2) is 0 Å². The molecule has 0 aliphatic carbocycles. The van der Waals surface area contributed by atoms with Crippen molar-refractivity contribution in [2.75, 3.05) is 0 Å². The number of nitrogens with zero attached hydrogens (tertiary/aromatic N) is 2. The molecular weight excluding hydrogens is 460 g/mol. The molecule has 0 fully saturated rings. The summed E-state index contributed by atoms with van der Waals surface area (Å²) >= 11 is 0. The Bertz CT molecular complexity index is 3400. The molecule has 38 heavy (non-hydrogen) atoms. The molecule has 0 saturated carbocycles. The van der Waals surface area contributed by atoms with Gasteiger partial charge in [0, 0.05) is 32.9 Å². The molecule has 0 N–H and O–H groups in total. The maximum atomic E-state index is 9.73. The molecule has 0 saturated heterocycles. The molecule has 0 radical (unpaired) electrons. The highest BCUT2D eigenvalue weighted by Gasteiger charge is 2.16. The van der Waals surface area contributed by atoms with E-state index in [0.29, 0.717) is 0 Å². The minimum atomic E-state index is -0.979. The second kappa shape index (κ2) is 8.22. The van der Waals surface area contributed by atoms with E-state index in [-0.39, 0.29) is 0 Å². The lowest BCUT2D eigenvalue weighted by atomic mass is 10.0. The zero-order valence-electron chi connectivity index (χ0n) is 42.9. The first kappa shape index (κ1) is 8.21. The summed E-state index contributed by atoms with van der Waals surface area (Å²) in [6.45, 7) is 0. The molecule has 0 unspecified atom stereocenters. The van der Waals surface area contributed by atoms with Crippen LogP contribution in [-0.2, 0) is 0 Å². The third-order valence-electron chi connectivity index (χ3n) is 5.99. The summed E-state index contributed by atoms with van der Waals surface area (Å²) in [5, 5.41) is -2.13. The molecule has 0 aliphatic heterocycles. The Morgan fingerprint density at radius 3 is 1.53 bits per heavy atom. The first-order chi connectivity index (χ1) is 28.9. The Morgan fingerprint density at radius 1 is 0.342 bits per heavy atom. The first-order valence-corrected chi connectivity index (χ1v) is 11.1. The summed E-state index contributed by atoms with van der Waals surface area (Å²) in [6.07, 6.45) is 0. The molecule has 2 nitrogen and oxygen atoms in total. The van der Waals surface area contributed by atoms with Crippen LogP contribution in [0, 0.1) is 0 Å². The smallest absolute Gasteiger partial charge is 0.0652 e. The Morgan fingerprint density at radius 2 is 0.842 bits per heavy atom. The molecule has 0 atom stereocenters. The standard InChI is InChI=1S/C36H24N2/c1-3-11-25(12-4-1)26-19-21-35-31(23-26)29-15-7-10-18-34(29)38(35)28-20-22-36-32(24-28)30-16-8-9-17-33(30)37(36)27-13-5-2-6-14-27/h1-24H/i1D,2D,3D,4D,5D,6D,7D,8D,9D,10D,11D,12D,13D,14D,15D,16D,17D,18D,19D,20D,21D,22D,23D,24D. The van der Waals surface area contributed by atoms with Gasteiger partial charge in [0.2, 0.25) is 0 Å². The van der Waals surface area contributed by atoms with Gasteiger partial charge in [-0.3, -0.25) is 0 Å². The number of hydrogen-bond donors (Lipinski definition) is 0. The third-order valence-corrected chi connectivity index (χ3v) is 5.99. The molecule has 2 heterocycles. The predicted molar refractivity (Wildman–Crippen MR) is 161 cm³/mol. The van der Waals surface area contributed by atoms with Crippen LogP contribution in [0.2, 0.25) is 0 Å². The van der Waals surface area contributed by atoms with Crippen LogP contribution in [0.15, 0.2) is 145 Å². The third kappa shape index (κ3) is 3.07. The fourth-order valence-electron chi connectivity index (χ4n) is 4.43. The number of aromatic nitrogens is 2. The highest BCUT2D eigenvalue weighted by atomic mass is 15.0. The maximum Gasteiger partial charge on any atom is 0.0652 e. The van der Waals surface area contributed by atoms with Crippen molar-refractivity contribution in [3.05, 3.63) is 145 Å². The highest BCUT2D eigenvalue weighted by Crippen LogP contribution is 2.38. The summed E-state index contributed by atoms with van der Waals surface area (Å²) in [4.78, 5) is 0. The fraction of sp³-hybridized carbons (Fsp3) is 0. The van der Waals surface area contributed by atoms with Gasteiger partial charge >= 0.3 is 0 Å². The molecule has 0 amide bonds. The van der Waals surface area contributed by atoms with Gasteiger partial charge in [0.05, 0.1) is 55.0 Å². The van der Waals surface area contributed by atoms with Crippen LogP contribution in [0.3, 0.4) is 0 Å². The Kier molecular flexibility index (Phi) is 1.78. The lowest BCUT2D eigenvalue weighted by Crippen LogP contribution is -1.95. The second-order valence-electron chi connectivity index (χ2n) is 8.01. The van der Waals surface area contributed by atoms with Gasteiger partial charge in [-0.25, -0.2) is 0 Å². The molecular formula is C36H24N2. The summed E-state index contributed by atoms with van der Waals surface area (Å²) in [5.41, 5.74) is -5.17. The maximum absolute atomic E-state index is 9.73. The van der Waals surface area contributed by atoms with Gasteiger partial charge in [-0.05, 0) is 65.5 Å². The topological polar surface area (TPSA) is 9.86 Å². The van der Waals surface area contributed by atoms with E-state index in [1.807, 2.05) is 0 Å². The van der Waals surface area contributed by atoms with Crippen molar-refractivity contribution < 1.29 is 32.9 Å². The number of rotatable bonds is 3. The van der Waals surface area contributed by atoms with Crippen molar-refractivity contribution in [3.8, 4) is 22.5 Å². The lowest BCUT2D eigenvalue weighted by molar-refractivity contribution is 1.17. The van der Waals surface area contributed by atoms with Crippen LogP contribution in [-0.4, -0.2) is 9.13 Å².